The molecule has 0 spiro atoms. The molecule has 1 fully saturated rings. The molecular weight excluding hydrogens is 424 g/mol. The van der Waals surface area contributed by atoms with Crippen LogP contribution in [0.15, 0.2) is 30.3 Å². The van der Waals surface area contributed by atoms with E-state index >= 15 is 4.39 Å². The fourth-order valence-corrected chi connectivity index (χ4v) is 4.29. The van der Waals surface area contributed by atoms with E-state index in [1.54, 1.807) is 11.3 Å². The molecule has 6 rings (SSSR count). The number of nitrogens with zero attached hydrogens (tertiary/aromatic N) is 5. The van der Waals surface area contributed by atoms with Crippen molar-refractivity contribution in [2.45, 2.75) is 33.3 Å². The second kappa shape index (κ2) is 7.22. The van der Waals surface area contributed by atoms with Crippen molar-refractivity contribution in [3.8, 4) is 11.8 Å². The molecule has 33 heavy (non-hydrogen) atoms. The first-order chi connectivity index (χ1) is 16.0. The third-order valence-corrected chi connectivity index (χ3v) is 6.45. The number of fused-ring (bicyclic) bond motifs is 4. The first-order valence-corrected chi connectivity index (χ1v) is 10.9. The Labute approximate surface area is 189 Å². The van der Waals surface area contributed by atoms with E-state index in [1.165, 1.54) is 6.07 Å². The lowest BCUT2D eigenvalue weighted by molar-refractivity contribution is 0.133. The van der Waals surface area contributed by atoms with E-state index in [4.69, 9.17) is 4.74 Å². The second-order valence-electron chi connectivity index (χ2n) is 8.89. The monoisotopic (exact) mass is 445 g/mol. The molecule has 0 N–H and O–H groups in total. The van der Waals surface area contributed by atoms with E-state index in [1.807, 2.05) is 23.1 Å². The van der Waals surface area contributed by atoms with Crippen LogP contribution in [0.4, 0.5) is 20.3 Å². The number of hydrogen-bond donors (Lipinski definition) is 0. The van der Waals surface area contributed by atoms with Gasteiger partial charge in [-0.05, 0) is 51.0 Å². The van der Waals surface area contributed by atoms with Gasteiger partial charge in [-0.25, -0.2) is 8.78 Å². The largest absolute Gasteiger partial charge is 0.375 e. The van der Waals surface area contributed by atoms with Gasteiger partial charge in [0.1, 0.15) is 11.6 Å². The summed E-state index contributed by atoms with van der Waals surface area (Å²) in [6.45, 7) is 5.11. The summed E-state index contributed by atoms with van der Waals surface area (Å²) in [5.41, 5.74) is 3.15. The average Bonchev–Trinajstić information content (AvgIpc) is 3.50. The van der Waals surface area contributed by atoms with Crippen molar-refractivity contribution in [2.24, 2.45) is 5.41 Å². The molecule has 4 aromatic rings. The summed E-state index contributed by atoms with van der Waals surface area (Å²) < 4.78 is 37.1. The Kier molecular flexibility index (Phi) is 4.39. The summed E-state index contributed by atoms with van der Waals surface area (Å²) in [6.07, 6.45) is 2.21. The summed E-state index contributed by atoms with van der Waals surface area (Å²) >= 11 is 0. The van der Waals surface area contributed by atoms with Gasteiger partial charge < -0.3 is 9.64 Å². The molecule has 0 radical (unpaired) electrons. The maximum atomic E-state index is 15.2. The molecule has 1 aliphatic heterocycles. The zero-order valence-corrected chi connectivity index (χ0v) is 18.3. The quantitative estimate of drug-likeness (QED) is 0.398. The lowest BCUT2D eigenvalue weighted by Gasteiger charge is -2.25. The van der Waals surface area contributed by atoms with Gasteiger partial charge in [-0.3, -0.25) is 4.40 Å². The van der Waals surface area contributed by atoms with Crippen molar-refractivity contribution in [3.63, 3.8) is 0 Å². The predicted octanol–water partition coefficient (Wildman–Crippen LogP) is 4.68. The van der Waals surface area contributed by atoms with E-state index in [-0.39, 0.29) is 16.6 Å². The summed E-state index contributed by atoms with van der Waals surface area (Å²) in [5.74, 6) is 5.98. The summed E-state index contributed by atoms with van der Waals surface area (Å²) in [7, 11) is 0. The Hall–Kier alpha value is -3.57. The fraction of sp³-hybridized carbons (Fsp3) is 0.320. The van der Waals surface area contributed by atoms with Gasteiger partial charge in [0, 0.05) is 28.8 Å². The number of rotatable bonds is 1. The van der Waals surface area contributed by atoms with Gasteiger partial charge in [0.2, 0.25) is 0 Å². The SMILES string of the molecule is Cc1nnc2nc(N3CCOCc4c(C#CC5(C)CC5)cccc43)c3c(F)c(F)ccc3n12. The summed E-state index contributed by atoms with van der Waals surface area (Å²) in [5, 5.41) is 8.31. The van der Waals surface area contributed by atoms with E-state index in [2.05, 4.69) is 33.9 Å². The standard InChI is InChI=1S/C25H21F2N5O/c1-15-29-30-24-28-23(21-20(32(15)24)7-6-18(26)22(21)27)31-12-13-33-14-17-16(4-3-5-19(17)31)8-9-25(2)10-11-25/h3-7H,10-14H2,1-2H3. The van der Waals surface area contributed by atoms with Gasteiger partial charge in [-0.15, -0.1) is 10.2 Å². The zero-order valence-electron chi connectivity index (χ0n) is 18.3. The third kappa shape index (κ3) is 3.23. The lowest BCUT2D eigenvalue weighted by atomic mass is 10.0. The van der Waals surface area contributed by atoms with E-state index in [0.29, 0.717) is 36.9 Å². The van der Waals surface area contributed by atoms with Gasteiger partial charge in [0.05, 0.1) is 24.1 Å². The number of aromatic nitrogens is 4. The number of aryl methyl sites for hydroxylation is 1. The van der Waals surface area contributed by atoms with Crippen LogP contribution < -0.4 is 4.90 Å². The number of anilines is 2. The molecule has 8 heteroatoms. The number of halogens is 2. The molecule has 1 aliphatic carbocycles. The molecule has 2 aromatic carbocycles. The smallest absolute Gasteiger partial charge is 0.257 e. The van der Waals surface area contributed by atoms with Crippen molar-refractivity contribution < 1.29 is 13.5 Å². The second-order valence-corrected chi connectivity index (χ2v) is 8.89. The van der Waals surface area contributed by atoms with Crippen molar-refractivity contribution in [2.75, 3.05) is 18.1 Å². The zero-order chi connectivity index (χ0) is 22.7. The molecule has 2 aliphatic rings. The minimum atomic E-state index is -0.950. The minimum absolute atomic E-state index is 0.0835. The van der Waals surface area contributed by atoms with Crippen LogP contribution in [-0.4, -0.2) is 32.7 Å². The molecular formula is C25H21F2N5O. The molecule has 166 valence electrons. The van der Waals surface area contributed by atoms with Crippen LogP contribution in [0.3, 0.4) is 0 Å². The van der Waals surface area contributed by atoms with Gasteiger partial charge >= 0.3 is 0 Å². The highest BCUT2D eigenvalue weighted by molar-refractivity contribution is 5.94. The number of hydrogen-bond acceptors (Lipinski definition) is 5. The Morgan fingerprint density at radius 1 is 1.12 bits per heavy atom. The number of ether oxygens (including phenoxy) is 1. The molecule has 2 aromatic heterocycles. The van der Waals surface area contributed by atoms with E-state index < -0.39 is 11.6 Å². The Bertz CT molecular complexity index is 1500. The van der Waals surface area contributed by atoms with Crippen LogP contribution in [0, 0.1) is 35.8 Å². The van der Waals surface area contributed by atoms with Crippen LogP contribution >= 0.6 is 0 Å². The Morgan fingerprint density at radius 2 is 1.97 bits per heavy atom. The first kappa shape index (κ1) is 20.1. The Morgan fingerprint density at radius 3 is 2.79 bits per heavy atom. The molecule has 3 heterocycles. The molecule has 6 nitrogen and oxygen atoms in total. The van der Waals surface area contributed by atoms with Crippen molar-refractivity contribution in [3.05, 3.63) is 58.9 Å². The molecule has 0 bridgehead atoms. The van der Waals surface area contributed by atoms with Crippen molar-refractivity contribution in [1.82, 2.24) is 19.6 Å². The normalized spacial score (nSPS) is 16.9. The van der Waals surface area contributed by atoms with Gasteiger partial charge in [0.15, 0.2) is 11.6 Å². The Balaban J connectivity index is 1.61. The van der Waals surface area contributed by atoms with Crippen LogP contribution in [-0.2, 0) is 11.3 Å². The van der Waals surface area contributed by atoms with Crippen LogP contribution in [0.5, 0.6) is 0 Å². The highest BCUT2D eigenvalue weighted by Crippen LogP contribution is 2.44. The molecule has 0 atom stereocenters. The highest BCUT2D eigenvalue weighted by Gasteiger charge is 2.35. The van der Waals surface area contributed by atoms with E-state index in [9.17, 15) is 4.39 Å². The van der Waals surface area contributed by atoms with Crippen LogP contribution in [0.2, 0.25) is 0 Å². The highest BCUT2D eigenvalue weighted by atomic mass is 19.2. The molecule has 0 amide bonds. The third-order valence-electron chi connectivity index (χ3n) is 6.45. The number of benzene rings is 2. The van der Waals surface area contributed by atoms with Crippen molar-refractivity contribution in [1.29, 1.82) is 0 Å². The fourth-order valence-electron chi connectivity index (χ4n) is 4.29. The van der Waals surface area contributed by atoms with E-state index in [0.717, 1.165) is 35.7 Å². The van der Waals surface area contributed by atoms with Crippen LogP contribution in [0.1, 0.15) is 36.7 Å². The maximum Gasteiger partial charge on any atom is 0.257 e. The maximum absolute atomic E-state index is 15.2. The molecule has 0 saturated heterocycles. The average molecular weight is 445 g/mol. The minimum Gasteiger partial charge on any atom is -0.375 e. The predicted molar refractivity (Wildman–Crippen MR) is 120 cm³/mol. The van der Waals surface area contributed by atoms with Crippen molar-refractivity contribution >= 4 is 28.2 Å². The summed E-state index contributed by atoms with van der Waals surface area (Å²) in [6, 6.07) is 8.50. The first-order valence-electron chi connectivity index (χ1n) is 10.9. The molecule has 1 saturated carbocycles. The van der Waals surface area contributed by atoms with Gasteiger partial charge in [-0.1, -0.05) is 17.9 Å². The van der Waals surface area contributed by atoms with Gasteiger partial charge in [0.25, 0.3) is 5.78 Å². The topological polar surface area (TPSA) is 55.5 Å². The lowest BCUT2D eigenvalue weighted by Crippen LogP contribution is -2.23. The summed E-state index contributed by atoms with van der Waals surface area (Å²) in [4.78, 5) is 6.51. The van der Waals surface area contributed by atoms with Gasteiger partial charge in [-0.2, -0.15) is 4.98 Å². The molecule has 0 unspecified atom stereocenters. The van der Waals surface area contributed by atoms with Crippen LogP contribution in [0.25, 0.3) is 16.7 Å².